The predicted octanol–water partition coefficient (Wildman–Crippen LogP) is 3.51. The Balaban J connectivity index is 2.79. The summed E-state index contributed by atoms with van der Waals surface area (Å²) in [6, 6.07) is 8.96. The van der Waals surface area contributed by atoms with Gasteiger partial charge in [0.2, 0.25) is 0 Å². The molecule has 0 heterocycles. The fraction of sp³-hybridized carbons (Fsp3) is 0.571. The van der Waals surface area contributed by atoms with Crippen LogP contribution in [0.2, 0.25) is 0 Å². The Bertz CT molecular complexity index is 287. The van der Waals surface area contributed by atoms with E-state index in [4.69, 9.17) is 5.73 Å². The lowest BCUT2D eigenvalue weighted by Gasteiger charge is -2.19. The Labute approximate surface area is 93.7 Å². The first kappa shape index (κ1) is 12.3. The minimum absolute atomic E-state index is 0.551. The van der Waals surface area contributed by atoms with Crippen molar-refractivity contribution in [3.05, 3.63) is 35.4 Å². The van der Waals surface area contributed by atoms with Crippen LogP contribution >= 0.6 is 0 Å². The molecule has 0 saturated heterocycles. The SMILES string of the molecule is CC(C)c1ccc(C(C)C(C)CN)cc1. The molecular weight excluding hydrogens is 182 g/mol. The van der Waals surface area contributed by atoms with Gasteiger partial charge in [-0.25, -0.2) is 0 Å². The van der Waals surface area contributed by atoms with E-state index in [1.165, 1.54) is 11.1 Å². The molecule has 1 heteroatoms. The quantitative estimate of drug-likeness (QED) is 0.799. The van der Waals surface area contributed by atoms with Gasteiger partial charge in [0, 0.05) is 0 Å². The molecule has 0 saturated carbocycles. The fourth-order valence-electron chi connectivity index (χ4n) is 1.72. The van der Waals surface area contributed by atoms with Crippen molar-refractivity contribution < 1.29 is 0 Å². The van der Waals surface area contributed by atoms with Gasteiger partial charge in [-0.15, -0.1) is 0 Å². The van der Waals surface area contributed by atoms with Crippen LogP contribution in [-0.4, -0.2) is 6.54 Å². The van der Waals surface area contributed by atoms with E-state index >= 15 is 0 Å². The van der Waals surface area contributed by atoms with Crippen molar-refractivity contribution in [1.29, 1.82) is 0 Å². The highest BCUT2D eigenvalue weighted by molar-refractivity contribution is 5.27. The Morgan fingerprint density at radius 1 is 0.933 bits per heavy atom. The van der Waals surface area contributed by atoms with Gasteiger partial charge in [-0.2, -0.15) is 0 Å². The number of nitrogens with two attached hydrogens (primary N) is 1. The van der Waals surface area contributed by atoms with Crippen LogP contribution in [0.1, 0.15) is 50.7 Å². The first-order valence-corrected chi connectivity index (χ1v) is 5.86. The second-order valence-corrected chi connectivity index (χ2v) is 4.82. The predicted molar refractivity (Wildman–Crippen MR) is 67.2 cm³/mol. The summed E-state index contributed by atoms with van der Waals surface area (Å²) in [6.07, 6.45) is 0. The summed E-state index contributed by atoms with van der Waals surface area (Å²) in [5.41, 5.74) is 8.50. The van der Waals surface area contributed by atoms with Crippen molar-refractivity contribution >= 4 is 0 Å². The van der Waals surface area contributed by atoms with Crippen LogP contribution in [0.15, 0.2) is 24.3 Å². The fourth-order valence-corrected chi connectivity index (χ4v) is 1.72. The largest absolute Gasteiger partial charge is 0.330 e. The van der Waals surface area contributed by atoms with Crippen LogP contribution in [0.5, 0.6) is 0 Å². The lowest BCUT2D eigenvalue weighted by molar-refractivity contribution is 0.499. The average Bonchev–Trinajstić information content (AvgIpc) is 2.27. The zero-order valence-corrected chi connectivity index (χ0v) is 10.3. The molecule has 0 aromatic heterocycles. The summed E-state index contributed by atoms with van der Waals surface area (Å²) in [7, 11) is 0. The highest BCUT2D eigenvalue weighted by atomic mass is 14.5. The topological polar surface area (TPSA) is 26.0 Å². The van der Waals surface area contributed by atoms with Gasteiger partial charge in [0.25, 0.3) is 0 Å². The molecule has 1 nitrogen and oxygen atoms in total. The molecule has 0 spiro atoms. The molecular formula is C14H23N. The van der Waals surface area contributed by atoms with Crippen LogP contribution < -0.4 is 5.73 Å². The molecule has 2 unspecified atom stereocenters. The number of rotatable bonds is 4. The maximum absolute atomic E-state index is 5.69. The molecule has 2 N–H and O–H groups in total. The van der Waals surface area contributed by atoms with Gasteiger partial charge in [0.1, 0.15) is 0 Å². The second-order valence-electron chi connectivity index (χ2n) is 4.82. The lowest BCUT2D eigenvalue weighted by atomic mass is 9.88. The molecule has 0 aliphatic heterocycles. The first-order chi connectivity index (χ1) is 7.06. The number of hydrogen-bond acceptors (Lipinski definition) is 1. The van der Waals surface area contributed by atoms with Crippen LogP contribution in [0, 0.1) is 5.92 Å². The third-order valence-corrected chi connectivity index (χ3v) is 3.35. The molecule has 0 bridgehead atoms. The van der Waals surface area contributed by atoms with E-state index in [0.29, 0.717) is 17.8 Å². The summed E-state index contributed by atoms with van der Waals surface area (Å²) in [4.78, 5) is 0. The van der Waals surface area contributed by atoms with Gasteiger partial charge >= 0.3 is 0 Å². The Morgan fingerprint density at radius 2 is 1.40 bits per heavy atom. The molecule has 84 valence electrons. The number of hydrogen-bond donors (Lipinski definition) is 1. The molecule has 0 aliphatic rings. The van der Waals surface area contributed by atoms with E-state index in [9.17, 15) is 0 Å². The second kappa shape index (κ2) is 5.32. The van der Waals surface area contributed by atoms with E-state index in [1.54, 1.807) is 0 Å². The molecule has 1 rings (SSSR count). The maximum Gasteiger partial charge on any atom is -0.00458 e. The van der Waals surface area contributed by atoms with Gasteiger partial charge in [0.05, 0.1) is 0 Å². The molecule has 0 amide bonds. The summed E-state index contributed by atoms with van der Waals surface area (Å²) < 4.78 is 0. The molecule has 15 heavy (non-hydrogen) atoms. The standard InChI is InChI=1S/C14H23N/c1-10(2)13-5-7-14(8-6-13)12(4)11(3)9-15/h5-8,10-12H,9,15H2,1-4H3. The summed E-state index contributed by atoms with van der Waals surface area (Å²) in [5.74, 6) is 1.72. The van der Waals surface area contributed by atoms with E-state index < -0.39 is 0 Å². The van der Waals surface area contributed by atoms with Crippen LogP contribution in [0.4, 0.5) is 0 Å². The first-order valence-electron chi connectivity index (χ1n) is 5.86. The lowest BCUT2D eigenvalue weighted by Crippen LogP contribution is -2.17. The van der Waals surface area contributed by atoms with Crippen molar-refractivity contribution in [2.45, 2.75) is 39.5 Å². The Hall–Kier alpha value is -0.820. The van der Waals surface area contributed by atoms with Crippen molar-refractivity contribution in [2.24, 2.45) is 11.7 Å². The van der Waals surface area contributed by atoms with Crippen molar-refractivity contribution in [3.63, 3.8) is 0 Å². The molecule has 1 aromatic rings. The van der Waals surface area contributed by atoms with E-state index in [0.717, 1.165) is 6.54 Å². The maximum atomic E-state index is 5.69. The minimum Gasteiger partial charge on any atom is -0.330 e. The summed E-state index contributed by atoms with van der Waals surface area (Å²) in [5, 5.41) is 0. The van der Waals surface area contributed by atoms with Crippen LogP contribution in [0.25, 0.3) is 0 Å². The monoisotopic (exact) mass is 205 g/mol. The van der Waals surface area contributed by atoms with Crippen LogP contribution in [-0.2, 0) is 0 Å². The normalized spacial score (nSPS) is 15.3. The minimum atomic E-state index is 0.551. The summed E-state index contributed by atoms with van der Waals surface area (Å²) in [6.45, 7) is 9.66. The van der Waals surface area contributed by atoms with Crippen molar-refractivity contribution in [1.82, 2.24) is 0 Å². The summed E-state index contributed by atoms with van der Waals surface area (Å²) >= 11 is 0. The highest BCUT2D eigenvalue weighted by Gasteiger charge is 2.12. The smallest absolute Gasteiger partial charge is 0.00458 e. The van der Waals surface area contributed by atoms with E-state index in [1.807, 2.05) is 0 Å². The molecule has 2 atom stereocenters. The molecule has 0 radical (unpaired) electrons. The third kappa shape index (κ3) is 3.07. The van der Waals surface area contributed by atoms with Crippen LogP contribution in [0.3, 0.4) is 0 Å². The zero-order valence-electron chi connectivity index (χ0n) is 10.3. The third-order valence-electron chi connectivity index (χ3n) is 3.35. The number of benzene rings is 1. The van der Waals surface area contributed by atoms with E-state index in [2.05, 4.69) is 52.0 Å². The van der Waals surface area contributed by atoms with E-state index in [-0.39, 0.29) is 0 Å². The average molecular weight is 205 g/mol. The molecule has 0 fully saturated rings. The molecule has 0 aliphatic carbocycles. The van der Waals surface area contributed by atoms with Gasteiger partial charge in [0.15, 0.2) is 0 Å². The Kier molecular flexibility index (Phi) is 4.34. The van der Waals surface area contributed by atoms with Gasteiger partial charge in [-0.1, -0.05) is 52.0 Å². The van der Waals surface area contributed by atoms with Crippen molar-refractivity contribution in [3.8, 4) is 0 Å². The van der Waals surface area contributed by atoms with Gasteiger partial charge in [-0.05, 0) is 35.4 Å². The molecule has 1 aromatic carbocycles. The van der Waals surface area contributed by atoms with Gasteiger partial charge in [-0.3, -0.25) is 0 Å². The van der Waals surface area contributed by atoms with Gasteiger partial charge < -0.3 is 5.73 Å². The zero-order chi connectivity index (χ0) is 11.4. The highest BCUT2D eigenvalue weighted by Crippen LogP contribution is 2.25. The Morgan fingerprint density at radius 3 is 1.80 bits per heavy atom. The van der Waals surface area contributed by atoms with Crippen molar-refractivity contribution in [2.75, 3.05) is 6.54 Å².